The van der Waals surface area contributed by atoms with Gasteiger partial charge in [-0.15, -0.1) is 0 Å². The fourth-order valence-corrected chi connectivity index (χ4v) is 2.80. The molecule has 1 atom stereocenters. The fraction of sp³-hybridized carbons (Fsp3) is 0.357. The van der Waals surface area contributed by atoms with Crippen molar-refractivity contribution in [3.63, 3.8) is 0 Å². The van der Waals surface area contributed by atoms with Crippen molar-refractivity contribution in [3.05, 3.63) is 45.7 Å². The van der Waals surface area contributed by atoms with Crippen LogP contribution in [0.1, 0.15) is 22.9 Å². The van der Waals surface area contributed by atoms with Gasteiger partial charge in [-0.05, 0) is 47.1 Å². The molecule has 0 spiro atoms. The summed E-state index contributed by atoms with van der Waals surface area (Å²) in [6.45, 7) is 2.04. The first kappa shape index (κ1) is 14.1. The Bertz CT molecular complexity index is 561. The van der Waals surface area contributed by atoms with Crippen LogP contribution < -0.4 is 10.1 Å². The number of aryl methyl sites for hydroxylation is 2. The van der Waals surface area contributed by atoms with E-state index in [-0.39, 0.29) is 6.04 Å². The number of ether oxygens (including phenoxy) is 1. The number of methoxy groups -OCH3 is 1. The van der Waals surface area contributed by atoms with Gasteiger partial charge in [0.1, 0.15) is 5.75 Å². The molecule has 0 radical (unpaired) electrons. The highest BCUT2D eigenvalue weighted by atomic mass is 79.9. The quantitative estimate of drug-likeness (QED) is 0.940. The van der Waals surface area contributed by atoms with E-state index in [1.165, 1.54) is 0 Å². The molecular formula is C14H18BrN3O. The minimum atomic E-state index is 0.0661. The number of benzene rings is 1. The summed E-state index contributed by atoms with van der Waals surface area (Å²) >= 11 is 3.55. The summed E-state index contributed by atoms with van der Waals surface area (Å²) in [4.78, 5) is 0. The lowest BCUT2D eigenvalue weighted by atomic mass is 10.0. The summed E-state index contributed by atoms with van der Waals surface area (Å²) in [6.07, 6.45) is 1.81. The van der Waals surface area contributed by atoms with Crippen LogP contribution in [0.4, 0.5) is 0 Å². The van der Waals surface area contributed by atoms with Gasteiger partial charge in [-0.2, -0.15) is 5.10 Å². The molecule has 1 unspecified atom stereocenters. The first-order valence-corrected chi connectivity index (χ1v) is 6.87. The second-order valence-corrected chi connectivity index (χ2v) is 5.31. The summed E-state index contributed by atoms with van der Waals surface area (Å²) in [5.74, 6) is 0.899. The van der Waals surface area contributed by atoms with E-state index < -0.39 is 0 Å². The van der Waals surface area contributed by atoms with Gasteiger partial charge in [-0.3, -0.25) is 4.68 Å². The van der Waals surface area contributed by atoms with Gasteiger partial charge in [0.25, 0.3) is 0 Å². The lowest BCUT2D eigenvalue weighted by Gasteiger charge is -2.19. The maximum atomic E-state index is 5.40. The molecule has 19 heavy (non-hydrogen) atoms. The van der Waals surface area contributed by atoms with Crippen molar-refractivity contribution in [2.75, 3.05) is 14.2 Å². The van der Waals surface area contributed by atoms with E-state index in [9.17, 15) is 0 Å². The third kappa shape index (κ3) is 2.67. The summed E-state index contributed by atoms with van der Waals surface area (Å²) in [5, 5.41) is 7.60. The van der Waals surface area contributed by atoms with Crippen LogP contribution >= 0.6 is 15.9 Å². The second kappa shape index (κ2) is 5.75. The van der Waals surface area contributed by atoms with Gasteiger partial charge in [0.2, 0.25) is 0 Å². The van der Waals surface area contributed by atoms with E-state index >= 15 is 0 Å². The Balaban J connectivity index is 2.48. The van der Waals surface area contributed by atoms with Crippen LogP contribution in [0.5, 0.6) is 5.75 Å². The summed E-state index contributed by atoms with van der Waals surface area (Å²) in [5.41, 5.74) is 3.37. The Morgan fingerprint density at radius 3 is 2.68 bits per heavy atom. The first-order valence-electron chi connectivity index (χ1n) is 6.07. The average molecular weight is 324 g/mol. The van der Waals surface area contributed by atoms with E-state index in [0.717, 1.165) is 27.0 Å². The van der Waals surface area contributed by atoms with E-state index in [2.05, 4.69) is 44.5 Å². The summed E-state index contributed by atoms with van der Waals surface area (Å²) in [7, 11) is 5.58. The average Bonchev–Trinajstić information content (AvgIpc) is 2.73. The zero-order chi connectivity index (χ0) is 14.0. The maximum Gasteiger partial charge on any atom is 0.122 e. The number of nitrogens with zero attached hydrogens (tertiary/aromatic N) is 2. The zero-order valence-electron chi connectivity index (χ0n) is 11.6. The van der Waals surface area contributed by atoms with E-state index in [1.807, 2.05) is 31.9 Å². The topological polar surface area (TPSA) is 39.1 Å². The molecule has 1 heterocycles. The predicted octanol–water partition coefficient (Wildman–Crippen LogP) is 2.81. The number of nitrogens with one attached hydrogen (secondary N) is 1. The Hall–Kier alpha value is -1.33. The molecule has 0 saturated heterocycles. The number of aromatic nitrogens is 2. The van der Waals surface area contributed by atoms with E-state index in [0.29, 0.717) is 0 Å². The molecule has 2 aromatic rings. The van der Waals surface area contributed by atoms with Crippen molar-refractivity contribution in [2.45, 2.75) is 13.0 Å². The van der Waals surface area contributed by atoms with Crippen molar-refractivity contribution in [2.24, 2.45) is 7.05 Å². The van der Waals surface area contributed by atoms with E-state index in [1.54, 1.807) is 7.11 Å². The van der Waals surface area contributed by atoms with Gasteiger partial charge < -0.3 is 10.1 Å². The molecule has 1 N–H and O–H groups in total. The minimum Gasteiger partial charge on any atom is -0.496 e. The highest BCUT2D eigenvalue weighted by Gasteiger charge is 2.20. The van der Waals surface area contributed by atoms with Gasteiger partial charge in [-0.25, -0.2) is 0 Å². The minimum absolute atomic E-state index is 0.0661. The standard InChI is InChI=1S/C14H18BrN3O/c1-9-5-6-10(7-12(9)19-4)13(16-2)14-11(15)8-17-18(14)3/h5-8,13,16H,1-4H3. The number of hydrogen-bond acceptors (Lipinski definition) is 3. The molecule has 1 aromatic heterocycles. The van der Waals surface area contributed by atoms with Gasteiger partial charge in [0.15, 0.2) is 0 Å². The largest absolute Gasteiger partial charge is 0.496 e. The van der Waals surface area contributed by atoms with Crippen LogP contribution in [0.2, 0.25) is 0 Å². The highest BCUT2D eigenvalue weighted by molar-refractivity contribution is 9.10. The first-order chi connectivity index (χ1) is 9.08. The molecule has 102 valence electrons. The van der Waals surface area contributed by atoms with Crippen LogP contribution in [0.25, 0.3) is 0 Å². The molecular weight excluding hydrogens is 306 g/mol. The van der Waals surface area contributed by atoms with Crippen molar-refractivity contribution in [3.8, 4) is 5.75 Å². The van der Waals surface area contributed by atoms with Crippen molar-refractivity contribution in [1.82, 2.24) is 15.1 Å². The van der Waals surface area contributed by atoms with Crippen molar-refractivity contribution < 1.29 is 4.74 Å². The molecule has 0 aliphatic rings. The summed E-state index contributed by atoms with van der Waals surface area (Å²) in [6, 6.07) is 6.31. The van der Waals surface area contributed by atoms with Crippen LogP contribution in [-0.2, 0) is 7.05 Å². The molecule has 0 aliphatic heterocycles. The predicted molar refractivity (Wildman–Crippen MR) is 79.5 cm³/mol. The number of hydrogen-bond donors (Lipinski definition) is 1. The molecule has 5 heteroatoms. The van der Waals surface area contributed by atoms with Crippen LogP contribution in [0.15, 0.2) is 28.9 Å². The molecule has 0 saturated carbocycles. The van der Waals surface area contributed by atoms with Crippen LogP contribution in [-0.4, -0.2) is 23.9 Å². The van der Waals surface area contributed by atoms with Gasteiger partial charge in [0.05, 0.1) is 29.5 Å². The Kier molecular flexibility index (Phi) is 4.27. The monoisotopic (exact) mass is 323 g/mol. The molecule has 0 aliphatic carbocycles. The van der Waals surface area contributed by atoms with E-state index in [4.69, 9.17) is 4.74 Å². The Morgan fingerprint density at radius 1 is 1.42 bits per heavy atom. The molecule has 4 nitrogen and oxygen atoms in total. The fourth-order valence-electron chi connectivity index (χ4n) is 2.22. The normalized spacial score (nSPS) is 12.5. The van der Waals surface area contributed by atoms with Gasteiger partial charge in [-0.1, -0.05) is 12.1 Å². The molecule has 0 amide bonds. The second-order valence-electron chi connectivity index (χ2n) is 4.45. The van der Waals surface area contributed by atoms with Crippen LogP contribution in [0.3, 0.4) is 0 Å². The molecule has 0 bridgehead atoms. The molecule has 2 rings (SSSR count). The van der Waals surface area contributed by atoms with Gasteiger partial charge in [0, 0.05) is 7.05 Å². The Labute approximate surface area is 121 Å². The maximum absolute atomic E-state index is 5.40. The van der Waals surface area contributed by atoms with Crippen molar-refractivity contribution >= 4 is 15.9 Å². The summed E-state index contributed by atoms with van der Waals surface area (Å²) < 4.78 is 8.26. The third-order valence-corrected chi connectivity index (χ3v) is 3.88. The van der Waals surface area contributed by atoms with Gasteiger partial charge >= 0.3 is 0 Å². The number of halogens is 1. The molecule has 0 fully saturated rings. The lowest BCUT2D eigenvalue weighted by Crippen LogP contribution is -2.21. The molecule has 1 aromatic carbocycles. The van der Waals surface area contributed by atoms with Crippen LogP contribution in [0, 0.1) is 6.92 Å². The smallest absolute Gasteiger partial charge is 0.122 e. The highest BCUT2D eigenvalue weighted by Crippen LogP contribution is 2.30. The Morgan fingerprint density at radius 2 is 2.16 bits per heavy atom. The zero-order valence-corrected chi connectivity index (χ0v) is 13.2. The number of rotatable bonds is 4. The van der Waals surface area contributed by atoms with Crippen molar-refractivity contribution in [1.29, 1.82) is 0 Å². The lowest BCUT2D eigenvalue weighted by molar-refractivity contribution is 0.410. The third-order valence-electron chi connectivity index (χ3n) is 3.27. The SMILES string of the molecule is CNC(c1ccc(C)c(OC)c1)c1c(Br)cnn1C.